The maximum absolute atomic E-state index is 12.8. The Balaban J connectivity index is 1.69. The van der Waals surface area contributed by atoms with E-state index in [0.29, 0.717) is 51.2 Å². The van der Waals surface area contributed by atoms with E-state index in [4.69, 9.17) is 21.1 Å². The molecule has 4 aromatic rings. The van der Waals surface area contributed by atoms with E-state index < -0.39 is 15.3 Å². The number of carbonyl (C=O) groups excluding carboxylic acids is 2. The molecule has 0 radical (unpaired) electrons. The molecule has 4 rings (SSSR count). The Labute approximate surface area is 260 Å². The second kappa shape index (κ2) is 14.2. The molecule has 0 saturated carbocycles. The lowest BCUT2D eigenvalue weighted by Crippen LogP contribution is -2.24. The average molecular weight is 644 g/mol. The number of aromatic nitrogens is 2. The van der Waals surface area contributed by atoms with E-state index in [1.54, 1.807) is 10.6 Å². The number of hydrogen-bond acceptors (Lipinski definition) is 8. The normalized spacial score (nSPS) is 11.5. The first kappa shape index (κ1) is 32.2. The number of nitrogens with one attached hydrogen (secondary N) is 1. The minimum Gasteiger partial charge on any atom is -0.479 e. The summed E-state index contributed by atoms with van der Waals surface area (Å²) in [4.78, 5) is 29.9. The summed E-state index contributed by atoms with van der Waals surface area (Å²) in [7, 11) is -2.97. The number of unbranched alkanes of at least 4 members (excludes halogenated alkanes) is 1. The Morgan fingerprint density at radius 2 is 1.88 bits per heavy atom. The van der Waals surface area contributed by atoms with Gasteiger partial charge in [-0.1, -0.05) is 81.3 Å². The van der Waals surface area contributed by atoms with Crippen LogP contribution in [0.4, 0.5) is 9.80 Å². The number of aldehydes is 1. The van der Waals surface area contributed by atoms with Crippen LogP contribution in [0.5, 0.6) is 5.88 Å². The molecular formula is C31H34ClN3O6S2. The number of benzene rings is 2. The molecule has 2 aromatic heterocycles. The smallest absolute Gasteiger partial charge is 0.445 e. The summed E-state index contributed by atoms with van der Waals surface area (Å²) < 4.78 is 40.1. The van der Waals surface area contributed by atoms with E-state index in [-0.39, 0.29) is 24.7 Å². The molecule has 12 heteroatoms. The van der Waals surface area contributed by atoms with Crippen LogP contribution in [0.1, 0.15) is 54.5 Å². The minimum atomic E-state index is -4.43. The molecular weight excluding hydrogens is 610 g/mol. The van der Waals surface area contributed by atoms with Gasteiger partial charge in [0.1, 0.15) is 16.5 Å². The molecule has 2 heterocycles. The van der Waals surface area contributed by atoms with Gasteiger partial charge < -0.3 is 14.0 Å². The summed E-state index contributed by atoms with van der Waals surface area (Å²) in [6, 6.07) is 16.8. The van der Waals surface area contributed by atoms with Crippen molar-refractivity contribution in [3.05, 3.63) is 75.8 Å². The van der Waals surface area contributed by atoms with Gasteiger partial charge in [-0.2, -0.15) is 13.4 Å². The standard InChI is InChI=1S/C31H34ClN3O6S2/c1-5-6-14-41-31(37)43(38,39)34-30-25(17-24(42-30)15-20(2)3)22-12-13-23(26(32)16-22)18-35-27(19-36)29(40-4)33-28(35)21-10-8-7-9-11-21/h7-13,16-17,19-20,34H,5-6,14-15,18H2,1-4H3. The van der Waals surface area contributed by atoms with E-state index in [0.717, 1.165) is 23.3 Å². The Hall–Kier alpha value is -3.67. The van der Waals surface area contributed by atoms with Gasteiger partial charge >= 0.3 is 15.3 Å². The highest BCUT2D eigenvalue weighted by Gasteiger charge is 2.27. The Morgan fingerprint density at radius 3 is 2.51 bits per heavy atom. The van der Waals surface area contributed by atoms with Crippen LogP contribution in [0.25, 0.3) is 22.5 Å². The predicted octanol–water partition coefficient (Wildman–Crippen LogP) is 7.68. The SMILES string of the molecule is CCCCOC(=O)S(=O)(=O)Nc1sc(CC(C)C)cc1-c1ccc(Cn2c(-c3ccccc3)nc(OC)c2C=O)c(Cl)c1. The van der Waals surface area contributed by atoms with Gasteiger partial charge in [-0.25, -0.2) is 4.79 Å². The number of ether oxygens (including phenoxy) is 2. The van der Waals surface area contributed by atoms with Crippen molar-refractivity contribution in [3.63, 3.8) is 0 Å². The molecule has 2 aromatic carbocycles. The first-order valence-electron chi connectivity index (χ1n) is 13.8. The van der Waals surface area contributed by atoms with Crippen molar-refractivity contribution in [2.75, 3.05) is 18.4 Å². The van der Waals surface area contributed by atoms with Crippen LogP contribution in [-0.4, -0.2) is 43.3 Å². The summed E-state index contributed by atoms with van der Waals surface area (Å²) in [6.07, 6.45) is 2.77. The van der Waals surface area contributed by atoms with E-state index in [1.165, 1.54) is 18.4 Å². The lowest BCUT2D eigenvalue weighted by Gasteiger charge is -2.13. The molecule has 9 nitrogen and oxygen atoms in total. The van der Waals surface area contributed by atoms with Crippen molar-refractivity contribution in [2.24, 2.45) is 5.92 Å². The number of carbonyl (C=O) groups is 2. The van der Waals surface area contributed by atoms with Crippen LogP contribution in [-0.2, 0) is 27.7 Å². The highest BCUT2D eigenvalue weighted by molar-refractivity contribution is 8.07. The van der Waals surface area contributed by atoms with Gasteiger partial charge in [-0.15, -0.1) is 11.3 Å². The summed E-state index contributed by atoms with van der Waals surface area (Å²) in [5.74, 6) is 1.10. The number of imidazole rings is 1. The van der Waals surface area contributed by atoms with E-state index in [9.17, 15) is 18.0 Å². The summed E-state index contributed by atoms with van der Waals surface area (Å²) in [5, 5.41) is -0.596. The highest BCUT2D eigenvalue weighted by atomic mass is 35.5. The zero-order chi connectivity index (χ0) is 31.1. The monoisotopic (exact) mass is 643 g/mol. The van der Waals surface area contributed by atoms with Crippen molar-refractivity contribution in [1.29, 1.82) is 0 Å². The van der Waals surface area contributed by atoms with Crippen LogP contribution >= 0.6 is 22.9 Å². The Morgan fingerprint density at radius 1 is 1.14 bits per heavy atom. The van der Waals surface area contributed by atoms with Gasteiger partial charge in [-0.3, -0.25) is 9.52 Å². The third kappa shape index (κ3) is 7.65. The fourth-order valence-corrected chi connectivity index (χ4v) is 7.02. The molecule has 0 atom stereocenters. The van der Waals surface area contributed by atoms with Crippen LogP contribution < -0.4 is 9.46 Å². The fraction of sp³-hybridized carbons (Fsp3) is 0.323. The van der Waals surface area contributed by atoms with Crippen molar-refractivity contribution in [2.45, 2.75) is 46.6 Å². The van der Waals surface area contributed by atoms with Gasteiger partial charge in [0.25, 0.3) is 0 Å². The maximum Gasteiger partial charge on any atom is 0.445 e. The number of nitrogens with zero attached hydrogens (tertiary/aromatic N) is 2. The number of thiophene rings is 1. The molecule has 1 N–H and O–H groups in total. The number of anilines is 1. The maximum atomic E-state index is 12.8. The first-order chi connectivity index (χ1) is 20.6. The molecule has 43 heavy (non-hydrogen) atoms. The minimum absolute atomic E-state index is 0.0316. The number of methoxy groups -OCH3 is 1. The van der Waals surface area contributed by atoms with Crippen LogP contribution in [0, 0.1) is 5.92 Å². The lowest BCUT2D eigenvalue weighted by atomic mass is 10.0. The number of hydrogen-bond donors (Lipinski definition) is 1. The van der Waals surface area contributed by atoms with Gasteiger partial charge in [-0.05, 0) is 42.0 Å². The predicted molar refractivity (Wildman–Crippen MR) is 171 cm³/mol. The largest absolute Gasteiger partial charge is 0.479 e. The highest BCUT2D eigenvalue weighted by Crippen LogP contribution is 2.40. The topological polar surface area (TPSA) is 117 Å². The number of rotatable bonds is 13. The van der Waals surface area contributed by atoms with Gasteiger partial charge in [0.2, 0.25) is 5.88 Å². The summed E-state index contributed by atoms with van der Waals surface area (Å²) in [5.41, 5.74) is 3.06. The van der Waals surface area contributed by atoms with Gasteiger partial charge in [0.15, 0.2) is 6.29 Å². The van der Waals surface area contributed by atoms with Crippen LogP contribution in [0.15, 0.2) is 54.6 Å². The first-order valence-corrected chi connectivity index (χ1v) is 16.5. The molecule has 0 aliphatic heterocycles. The van der Waals surface area contributed by atoms with Gasteiger partial charge in [0, 0.05) is 21.0 Å². The number of halogens is 1. The average Bonchev–Trinajstić information content (AvgIpc) is 3.53. The van der Waals surface area contributed by atoms with Crippen molar-refractivity contribution >= 4 is 49.5 Å². The molecule has 0 aliphatic rings. The zero-order valence-corrected chi connectivity index (χ0v) is 26.8. The fourth-order valence-electron chi connectivity index (χ4n) is 4.47. The number of sulfonamides is 1. The lowest BCUT2D eigenvalue weighted by molar-refractivity contribution is 0.111. The zero-order valence-electron chi connectivity index (χ0n) is 24.4. The van der Waals surface area contributed by atoms with Crippen molar-refractivity contribution in [1.82, 2.24) is 9.55 Å². The molecule has 0 saturated heterocycles. The Kier molecular flexibility index (Phi) is 10.6. The third-order valence-corrected chi connectivity index (χ3v) is 9.14. The molecule has 0 aliphatic carbocycles. The van der Waals surface area contributed by atoms with E-state index in [1.807, 2.05) is 55.5 Å². The van der Waals surface area contributed by atoms with Crippen molar-refractivity contribution < 1.29 is 27.5 Å². The molecule has 0 unspecified atom stereocenters. The van der Waals surface area contributed by atoms with Gasteiger partial charge in [0.05, 0.1) is 20.3 Å². The van der Waals surface area contributed by atoms with Crippen molar-refractivity contribution in [3.8, 4) is 28.4 Å². The molecule has 0 spiro atoms. The second-order valence-electron chi connectivity index (χ2n) is 10.3. The van der Waals surface area contributed by atoms with E-state index in [2.05, 4.69) is 23.6 Å². The summed E-state index contributed by atoms with van der Waals surface area (Å²) >= 11 is 8.07. The Bertz CT molecular complexity index is 1700. The molecule has 0 fully saturated rings. The third-order valence-electron chi connectivity index (χ3n) is 6.56. The molecule has 228 valence electrons. The van der Waals surface area contributed by atoms with Crippen LogP contribution in [0.3, 0.4) is 0 Å². The molecule has 0 bridgehead atoms. The molecule has 0 amide bonds. The van der Waals surface area contributed by atoms with E-state index >= 15 is 0 Å². The second-order valence-corrected chi connectivity index (χ2v) is 13.4. The quantitative estimate of drug-likeness (QED) is 0.0902. The van der Waals surface area contributed by atoms with Crippen LogP contribution in [0.2, 0.25) is 5.02 Å². The summed E-state index contributed by atoms with van der Waals surface area (Å²) in [6.45, 7) is 6.33.